The second-order valence-corrected chi connectivity index (χ2v) is 9.70. The van der Waals surface area contributed by atoms with Gasteiger partial charge >= 0.3 is 0 Å². The number of nitrogens with one attached hydrogen (secondary N) is 1. The molecule has 2 aliphatic rings. The van der Waals surface area contributed by atoms with Gasteiger partial charge in [-0.1, -0.05) is 15.9 Å². The smallest absolute Gasteiger partial charge is 0.120 e. The summed E-state index contributed by atoms with van der Waals surface area (Å²) in [5.74, 6) is 1.20. The highest BCUT2D eigenvalue weighted by atomic mass is 79.9. The van der Waals surface area contributed by atoms with Crippen molar-refractivity contribution in [3.63, 3.8) is 0 Å². The molecule has 2 aromatic rings. The molecule has 6 heteroatoms. The number of nitrogens with zero attached hydrogens (tertiary/aromatic N) is 2. The number of ether oxygens (including phenoxy) is 1. The van der Waals surface area contributed by atoms with Crippen LogP contribution in [0.25, 0.3) is 0 Å². The van der Waals surface area contributed by atoms with Crippen molar-refractivity contribution in [2.24, 2.45) is 4.99 Å². The third-order valence-corrected chi connectivity index (χ3v) is 6.90. The van der Waals surface area contributed by atoms with Gasteiger partial charge in [0.25, 0.3) is 0 Å². The number of likely N-dealkylation sites (tertiary alicyclic amines) is 1. The van der Waals surface area contributed by atoms with Crippen LogP contribution in [0.5, 0.6) is 11.5 Å². The van der Waals surface area contributed by atoms with E-state index in [0.29, 0.717) is 18.4 Å². The SMILES string of the molecule is CCOc1ccc(C2=NC3(CCN(C(C)C)CC3)NC(c3cc(Br)ccc3O)C2)cc1. The molecule has 0 aromatic heterocycles. The molecular formula is C25H32BrN3O2. The first-order valence-corrected chi connectivity index (χ1v) is 12.0. The van der Waals surface area contributed by atoms with Crippen molar-refractivity contribution in [1.82, 2.24) is 10.2 Å². The van der Waals surface area contributed by atoms with E-state index in [1.165, 1.54) is 0 Å². The quantitative estimate of drug-likeness (QED) is 0.604. The van der Waals surface area contributed by atoms with Gasteiger partial charge in [0.05, 0.1) is 6.61 Å². The minimum atomic E-state index is -0.309. The summed E-state index contributed by atoms with van der Waals surface area (Å²) in [6.45, 7) is 9.19. The van der Waals surface area contributed by atoms with E-state index >= 15 is 0 Å². The molecule has 2 aromatic carbocycles. The van der Waals surface area contributed by atoms with E-state index in [4.69, 9.17) is 9.73 Å². The summed E-state index contributed by atoms with van der Waals surface area (Å²) in [5, 5.41) is 14.4. The second kappa shape index (κ2) is 9.31. The van der Waals surface area contributed by atoms with Crippen LogP contribution in [0.3, 0.4) is 0 Å². The van der Waals surface area contributed by atoms with E-state index in [0.717, 1.165) is 59.4 Å². The lowest BCUT2D eigenvalue weighted by Gasteiger charge is -2.46. The Morgan fingerprint density at radius 1 is 1.19 bits per heavy atom. The number of aromatic hydroxyl groups is 1. The van der Waals surface area contributed by atoms with Crippen LogP contribution in [-0.4, -0.2) is 47.1 Å². The molecule has 0 aliphatic carbocycles. The van der Waals surface area contributed by atoms with Crippen LogP contribution in [0, 0.1) is 0 Å². The lowest BCUT2D eigenvalue weighted by atomic mass is 9.87. The van der Waals surface area contributed by atoms with E-state index in [-0.39, 0.29) is 11.7 Å². The van der Waals surface area contributed by atoms with Crippen molar-refractivity contribution in [3.8, 4) is 11.5 Å². The highest BCUT2D eigenvalue weighted by Crippen LogP contribution is 2.38. The maximum atomic E-state index is 10.6. The zero-order valence-corrected chi connectivity index (χ0v) is 20.2. The normalized spacial score (nSPS) is 21.3. The van der Waals surface area contributed by atoms with Crippen molar-refractivity contribution in [1.29, 1.82) is 0 Å². The van der Waals surface area contributed by atoms with Crippen LogP contribution in [0.15, 0.2) is 51.9 Å². The molecule has 1 unspecified atom stereocenters. The monoisotopic (exact) mass is 485 g/mol. The minimum absolute atomic E-state index is 0.00201. The van der Waals surface area contributed by atoms with Gasteiger partial charge in [0.15, 0.2) is 0 Å². The van der Waals surface area contributed by atoms with Gasteiger partial charge in [0.1, 0.15) is 17.2 Å². The van der Waals surface area contributed by atoms with Crippen molar-refractivity contribution < 1.29 is 9.84 Å². The van der Waals surface area contributed by atoms with E-state index < -0.39 is 0 Å². The molecule has 0 amide bonds. The summed E-state index contributed by atoms with van der Waals surface area (Å²) in [6, 6.07) is 14.4. The Bertz CT molecular complexity index is 934. The Morgan fingerprint density at radius 2 is 1.90 bits per heavy atom. The number of phenolic OH excluding ortho intramolecular Hbond substituents is 1. The van der Waals surface area contributed by atoms with Crippen LogP contribution < -0.4 is 10.1 Å². The Hall–Kier alpha value is -1.89. The summed E-state index contributed by atoms with van der Waals surface area (Å²) in [5.41, 5.74) is 2.81. The van der Waals surface area contributed by atoms with E-state index in [9.17, 15) is 5.11 Å². The average molecular weight is 486 g/mol. The van der Waals surface area contributed by atoms with Gasteiger partial charge in [-0.3, -0.25) is 10.3 Å². The minimum Gasteiger partial charge on any atom is -0.508 e. The number of hydrogen-bond donors (Lipinski definition) is 2. The van der Waals surface area contributed by atoms with Gasteiger partial charge in [0, 0.05) is 47.3 Å². The fraction of sp³-hybridized carbons (Fsp3) is 0.480. The predicted octanol–water partition coefficient (Wildman–Crippen LogP) is 5.28. The first-order valence-electron chi connectivity index (χ1n) is 11.2. The summed E-state index contributed by atoms with van der Waals surface area (Å²) >= 11 is 3.57. The molecule has 2 heterocycles. The molecule has 166 valence electrons. The fourth-order valence-electron chi connectivity index (χ4n) is 4.66. The Labute approximate surface area is 193 Å². The Morgan fingerprint density at radius 3 is 2.55 bits per heavy atom. The molecule has 5 nitrogen and oxygen atoms in total. The zero-order valence-electron chi connectivity index (χ0n) is 18.6. The molecule has 0 bridgehead atoms. The first-order chi connectivity index (χ1) is 14.9. The van der Waals surface area contributed by atoms with E-state index in [1.54, 1.807) is 6.07 Å². The van der Waals surface area contributed by atoms with Gasteiger partial charge in [0.2, 0.25) is 0 Å². The fourth-order valence-corrected chi connectivity index (χ4v) is 5.04. The summed E-state index contributed by atoms with van der Waals surface area (Å²) in [7, 11) is 0. The molecule has 1 atom stereocenters. The van der Waals surface area contributed by atoms with Gasteiger partial charge in [-0.2, -0.15) is 0 Å². The summed E-state index contributed by atoms with van der Waals surface area (Å²) in [6.07, 6.45) is 2.64. The highest BCUT2D eigenvalue weighted by Gasteiger charge is 2.41. The van der Waals surface area contributed by atoms with Crippen LogP contribution in [0.4, 0.5) is 0 Å². The Kier molecular flexibility index (Phi) is 6.70. The molecule has 2 aliphatic heterocycles. The van der Waals surface area contributed by atoms with Crippen LogP contribution in [-0.2, 0) is 0 Å². The first kappa shape index (κ1) is 22.3. The average Bonchev–Trinajstić information content (AvgIpc) is 2.76. The van der Waals surface area contributed by atoms with Gasteiger partial charge in [-0.05, 0) is 81.6 Å². The molecule has 0 saturated carbocycles. The van der Waals surface area contributed by atoms with Gasteiger partial charge in [-0.15, -0.1) is 0 Å². The highest BCUT2D eigenvalue weighted by molar-refractivity contribution is 9.10. The number of halogens is 1. The molecule has 0 radical (unpaired) electrons. The predicted molar refractivity (Wildman–Crippen MR) is 129 cm³/mol. The summed E-state index contributed by atoms with van der Waals surface area (Å²) in [4.78, 5) is 7.80. The number of hydrogen-bond acceptors (Lipinski definition) is 5. The van der Waals surface area contributed by atoms with E-state index in [1.807, 2.05) is 31.2 Å². The molecular weight excluding hydrogens is 454 g/mol. The number of aliphatic imine (C=N–C) groups is 1. The topological polar surface area (TPSA) is 57.1 Å². The van der Waals surface area contributed by atoms with Crippen LogP contribution in [0.1, 0.15) is 57.2 Å². The van der Waals surface area contributed by atoms with Gasteiger partial charge in [-0.25, -0.2) is 0 Å². The lowest BCUT2D eigenvalue weighted by molar-refractivity contribution is 0.103. The standard InChI is InChI=1S/C25H32BrN3O2/c1-4-31-20-8-5-18(6-9-20)22-16-23(21-15-19(26)7-10-24(21)30)28-25(27-22)11-13-29(14-12-25)17(2)3/h5-10,15,17,23,28,30H,4,11-14,16H2,1-3H3. The molecule has 1 fully saturated rings. The third-order valence-electron chi connectivity index (χ3n) is 6.41. The van der Waals surface area contributed by atoms with Crippen molar-refractivity contribution >= 4 is 21.6 Å². The number of phenols is 1. The van der Waals surface area contributed by atoms with Crippen molar-refractivity contribution in [2.75, 3.05) is 19.7 Å². The van der Waals surface area contributed by atoms with E-state index in [2.05, 4.69) is 52.1 Å². The lowest BCUT2D eigenvalue weighted by Crippen LogP contribution is -2.56. The zero-order chi connectivity index (χ0) is 22.0. The molecule has 2 N–H and O–H groups in total. The van der Waals surface area contributed by atoms with Crippen molar-refractivity contribution in [2.45, 2.75) is 57.8 Å². The van der Waals surface area contributed by atoms with Crippen molar-refractivity contribution in [3.05, 3.63) is 58.1 Å². The number of benzene rings is 2. The number of piperidine rings is 1. The van der Waals surface area contributed by atoms with Gasteiger partial charge < -0.3 is 14.7 Å². The molecule has 4 rings (SSSR count). The maximum absolute atomic E-state index is 10.6. The third kappa shape index (κ3) is 4.97. The largest absolute Gasteiger partial charge is 0.508 e. The summed E-state index contributed by atoms with van der Waals surface area (Å²) < 4.78 is 6.58. The molecule has 31 heavy (non-hydrogen) atoms. The number of rotatable bonds is 5. The van der Waals surface area contributed by atoms with Crippen LogP contribution >= 0.6 is 15.9 Å². The molecule has 1 spiro atoms. The Balaban J connectivity index is 1.68. The van der Waals surface area contributed by atoms with Crippen LogP contribution in [0.2, 0.25) is 0 Å². The second-order valence-electron chi connectivity index (χ2n) is 8.78. The molecule has 1 saturated heterocycles. The maximum Gasteiger partial charge on any atom is 0.120 e.